The molecule has 0 radical (unpaired) electrons. The SMILES string of the molecule is Cc1ccc(NC(=O)CSc2nc3c(oc4ccccc43)c(=O)n2Cc2cccs2)cc1C. The number of thioether (sulfide) groups is 1. The fourth-order valence-electron chi connectivity index (χ4n) is 3.61. The Hall–Kier alpha value is -3.36. The highest BCUT2D eigenvalue weighted by Crippen LogP contribution is 2.28. The standard InChI is InChI=1S/C25H21N3O3S2/c1-15-9-10-17(12-16(15)2)26-21(29)14-33-25-27-22-19-7-3-4-8-20(19)31-23(22)24(30)28(25)13-18-6-5-11-32-18/h3-12H,13-14H2,1-2H3,(H,26,29). The number of rotatable bonds is 6. The van der Waals surface area contributed by atoms with Crippen LogP contribution in [0.5, 0.6) is 0 Å². The maximum atomic E-state index is 13.4. The molecular formula is C25H21N3O3S2. The molecule has 1 N–H and O–H groups in total. The van der Waals surface area contributed by atoms with E-state index in [9.17, 15) is 9.59 Å². The lowest BCUT2D eigenvalue weighted by Gasteiger charge is -2.11. The summed E-state index contributed by atoms with van der Waals surface area (Å²) < 4.78 is 7.43. The van der Waals surface area contributed by atoms with Crippen molar-refractivity contribution in [3.8, 4) is 0 Å². The zero-order valence-corrected chi connectivity index (χ0v) is 19.8. The van der Waals surface area contributed by atoms with Gasteiger partial charge in [-0.25, -0.2) is 4.98 Å². The Labute approximate surface area is 198 Å². The van der Waals surface area contributed by atoms with E-state index >= 15 is 0 Å². The van der Waals surface area contributed by atoms with E-state index in [0.717, 1.165) is 21.5 Å². The Balaban J connectivity index is 1.48. The first-order valence-electron chi connectivity index (χ1n) is 10.4. The van der Waals surface area contributed by atoms with Gasteiger partial charge in [0.15, 0.2) is 5.16 Å². The number of aryl methyl sites for hydroxylation is 2. The molecule has 0 fully saturated rings. The maximum Gasteiger partial charge on any atom is 0.298 e. The third-order valence-electron chi connectivity index (χ3n) is 5.46. The van der Waals surface area contributed by atoms with Crippen LogP contribution in [0.1, 0.15) is 16.0 Å². The van der Waals surface area contributed by atoms with Crippen LogP contribution in [0, 0.1) is 13.8 Å². The number of thiophene rings is 1. The molecular weight excluding hydrogens is 454 g/mol. The predicted octanol–water partition coefficient (Wildman–Crippen LogP) is 5.60. The predicted molar refractivity (Wildman–Crippen MR) is 134 cm³/mol. The van der Waals surface area contributed by atoms with Crippen LogP contribution in [0.15, 0.2) is 74.3 Å². The smallest absolute Gasteiger partial charge is 0.298 e. The molecule has 0 atom stereocenters. The number of nitrogens with one attached hydrogen (secondary N) is 1. The molecule has 0 aliphatic heterocycles. The molecule has 0 saturated heterocycles. The molecule has 33 heavy (non-hydrogen) atoms. The number of fused-ring (bicyclic) bond motifs is 3. The number of nitrogens with zero attached hydrogens (tertiary/aromatic N) is 2. The topological polar surface area (TPSA) is 77.1 Å². The molecule has 0 bridgehead atoms. The number of benzene rings is 2. The number of aromatic nitrogens is 2. The lowest BCUT2D eigenvalue weighted by molar-refractivity contribution is -0.113. The number of amides is 1. The summed E-state index contributed by atoms with van der Waals surface area (Å²) in [6, 6.07) is 17.2. The fraction of sp³-hybridized carbons (Fsp3) is 0.160. The second kappa shape index (κ2) is 8.88. The van der Waals surface area contributed by atoms with E-state index in [1.54, 1.807) is 15.9 Å². The van der Waals surface area contributed by atoms with E-state index in [1.165, 1.54) is 17.3 Å². The van der Waals surface area contributed by atoms with Crippen LogP contribution in [-0.2, 0) is 11.3 Å². The molecule has 6 nitrogen and oxygen atoms in total. The van der Waals surface area contributed by atoms with Gasteiger partial charge in [-0.05, 0) is 60.7 Å². The van der Waals surface area contributed by atoms with Gasteiger partial charge in [0.1, 0.15) is 11.1 Å². The summed E-state index contributed by atoms with van der Waals surface area (Å²) in [4.78, 5) is 31.8. The Morgan fingerprint density at radius 2 is 1.97 bits per heavy atom. The number of para-hydroxylation sites is 1. The molecule has 3 heterocycles. The average molecular weight is 476 g/mol. The first-order valence-corrected chi connectivity index (χ1v) is 12.3. The minimum Gasteiger partial charge on any atom is -0.448 e. The molecule has 3 aromatic heterocycles. The minimum atomic E-state index is -0.248. The van der Waals surface area contributed by atoms with E-state index in [0.29, 0.717) is 22.8 Å². The van der Waals surface area contributed by atoms with Gasteiger partial charge >= 0.3 is 0 Å². The largest absolute Gasteiger partial charge is 0.448 e. The first-order chi connectivity index (χ1) is 16.0. The molecule has 8 heteroatoms. The van der Waals surface area contributed by atoms with Crippen molar-refractivity contribution in [2.24, 2.45) is 0 Å². The molecule has 1 amide bonds. The summed E-state index contributed by atoms with van der Waals surface area (Å²) in [5, 5.41) is 6.17. The molecule has 2 aromatic carbocycles. The van der Waals surface area contributed by atoms with Crippen molar-refractivity contribution >= 4 is 56.8 Å². The summed E-state index contributed by atoms with van der Waals surface area (Å²) in [5.74, 6) is -0.0252. The fourth-order valence-corrected chi connectivity index (χ4v) is 5.09. The van der Waals surface area contributed by atoms with Gasteiger partial charge in [0.25, 0.3) is 5.56 Å². The highest BCUT2D eigenvalue weighted by atomic mass is 32.2. The maximum absolute atomic E-state index is 13.4. The molecule has 0 saturated carbocycles. The minimum absolute atomic E-state index is 0.130. The summed E-state index contributed by atoms with van der Waals surface area (Å²) in [7, 11) is 0. The van der Waals surface area contributed by atoms with Crippen LogP contribution in [0.2, 0.25) is 0 Å². The van der Waals surface area contributed by atoms with Gasteiger partial charge in [0.05, 0.1) is 12.3 Å². The highest BCUT2D eigenvalue weighted by molar-refractivity contribution is 7.99. The van der Waals surface area contributed by atoms with Crippen LogP contribution < -0.4 is 10.9 Å². The van der Waals surface area contributed by atoms with E-state index in [4.69, 9.17) is 9.40 Å². The van der Waals surface area contributed by atoms with Gasteiger partial charge in [-0.15, -0.1) is 11.3 Å². The normalized spacial score (nSPS) is 11.3. The summed E-state index contributed by atoms with van der Waals surface area (Å²) in [5.41, 5.74) is 4.17. The van der Waals surface area contributed by atoms with Crippen LogP contribution in [0.3, 0.4) is 0 Å². The second-order valence-electron chi connectivity index (χ2n) is 7.78. The Bertz CT molecular complexity index is 1530. The quantitative estimate of drug-likeness (QED) is 0.255. The van der Waals surface area contributed by atoms with Crippen molar-refractivity contribution in [2.45, 2.75) is 25.5 Å². The van der Waals surface area contributed by atoms with E-state index in [2.05, 4.69) is 5.32 Å². The Morgan fingerprint density at radius 1 is 1.12 bits per heavy atom. The van der Waals surface area contributed by atoms with Crippen molar-refractivity contribution in [3.63, 3.8) is 0 Å². The van der Waals surface area contributed by atoms with Crippen molar-refractivity contribution in [1.29, 1.82) is 0 Å². The third kappa shape index (κ3) is 4.31. The van der Waals surface area contributed by atoms with Gasteiger partial charge in [0, 0.05) is 16.0 Å². The number of furan rings is 1. The van der Waals surface area contributed by atoms with Crippen LogP contribution >= 0.6 is 23.1 Å². The van der Waals surface area contributed by atoms with Gasteiger partial charge < -0.3 is 9.73 Å². The average Bonchev–Trinajstić information content (AvgIpc) is 3.45. The molecule has 0 aliphatic carbocycles. The molecule has 166 valence electrons. The molecule has 0 spiro atoms. The van der Waals surface area contributed by atoms with Gasteiger partial charge in [0.2, 0.25) is 11.5 Å². The monoisotopic (exact) mass is 475 g/mol. The summed E-state index contributed by atoms with van der Waals surface area (Å²) >= 11 is 2.81. The summed E-state index contributed by atoms with van der Waals surface area (Å²) in [6.45, 7) is 4.42. The molecule has 0 aliphatic rings. The van der Waals surface area contributed by atoms with Crippen molar-refractivity contribution in [3.05, 3.63) is 86.3 Å². The van der Waals surface area contributed by atoms with Crippen molar-refractivity contribution in [1.82, 2.24) is 9.55 Å². The van der Waals surface area contributed by atoms with Crippen molar-refractivity contribution in [2.75, 3.05) is 11.1 Å². The lowest BCUT2D eigenvalue weighted by atomic mass is 10.1. The van der Waals surface area contributed by atoms with Crippen LogP contribution in [0.4, 0.5) is 5.69 Å². The Morgan fingerprint density at radius 3 is 2.76 bits per heavy atom. The van der Waals surface area contributed by atoms with Gasteiger partial charge in [-0.3, -0.25) is 14.2 Å². The van der Waals surface area contributed by atoms with Crippen molar-refractivity contribution < 1.29 is 9.21 Å². The molecule has 5 rings (SSSR count). The Kier molecular flexibility index (Phi) is 5.78. The van der Waals surface area contributed by atoms with E-state index in [1.807, 2.05) is 73.8 Å². The highest BCUT2D eigenvalue weighted by Gasteiger charge is 2.19. The van der Waals surface area contributed by atoms with Gasteiger partial charge in [-0.2, -0.15) is 0 Å². The zero-order valence-electron chi connectivity index (χ0n) is 18.1. The van der Waals surface area contributed by atoms with E-state index < -0.39 is 0 Å². The number of hydrogen-bond donors (Lipinski definition) is 1. The lowest BCUT2D eigenvalue weighted by Crippen LogP contribution is -2.24. The third-order valence-corrected chi connectivity index (χ3v) is 7.30. The zero-order chi connectivity index (χ0) is 22.9. The number of anilines is 1. The number of hydrogen-bond acceptors (Lipinski definition) is 6. The van der Waals surface area contributed by atoms with Crippen LogP contribution in [-0.4, -0.2) is 21.2 Å². The summed E-state index contributed by atoms with van der Waals surface area (Å²) in [6.07, 6.45) is 0. The first kappa shape index (κ1) is 21.5. The van der Waals surface area contributed by atoms with E-state index in [-0.39, 0.29) is 22.8 Å². The molecule has 0 unspecified atom stereocenters. The molecule has 5 aromatic rings. The van der Waals surface area contributed by atoms with Crippen LogP contribution in [0.25, 0.3) is 22.1 Å². The number of carbonyl (C=O) groups excluding carboxylic acids is 1. The second-order valence-corrected chi connectivity index (χ2v) is 9.75. The number of carbonyl (C=O) groups is 1. The van der Waals surface area contributed by atoms with Gasteiger partial charge in [-0.1, -0.05) is 36.0 Å².